The first-order valence-electron chi connectivity index (χ1n) is 9.01. The number of thioether (sulfide) groups is 1. The van der Waals surface area contributed by atoms with Crippen LogP contribution in [0.4, 0.5) is 13.2 Å². The van der Waals surface area contributed by atoms with Crippen LogP contribution in [0.5, 0.6) is 5.75 Å². The third kappa shape index (κ3) is 3.65. The number of nitrogens with zero attached hydrogens (tertiary/aromatic N) is 4. The molecule has 1 aromatic heterocycles. The molecule has 2 aliphatic heterocycles. The molecule has 160 valence electrons. The lowest BCUT2D eigenvalue weighted by Crippen LogP contribution is -2.35. The number of fused-ring (bicyclic) bond motifs is 1. The second-order valence-electron chi connectivity index (χ2n) is 6.79. The number of carbonyl (C=O) groups is 1. The Morgan fingerprint density at radius 1 is 1.23 bits per heavy atom. The van der Waals surface area contributed by atoms with Crippen LogP contribution in [-0.2, 0) is 4.79 Å². The van der Waals surface area contributed by atoms with Gasteiger partial charge >= 0.3 is 6.18 Å². The van der Waals surface area contributed by atoms with E-state index in [1.165, 1.54) is 6.08 Å². The summed E-state index contributed by atoms with van der Waals surface area (Å²) in [6.07, 6.45) is -3.23. The standard InChI is InChI=1S/C20H16F3N5O2S/c1-10-7-12(11(2)27(10)13-5-4-6-14(9-13)30-3)8-15-16(24)28-19(25-17(15)29)31-18(26-28)20(21,22)23/h4-9,24H,1-3H3. The fraction of sp³-hybridized carbons (Fsp3) is 0.200. The third-order valence-corrected chi connectivity index (χ3v) is 5.73. The Morgan fingerprint density at radius 3 is 2.65 bits per heavy atom. The number of carbonyl (C=O) groups excluding carboxylic acids is 1. The van der Waals surface area contributed by atoms with Crippen LogP contribution in [0.2, 0.25) is 0 Å². The number of rotatable bonds is 3. The van der Waals surface area contributed by atoms with Gasteiger partial charge in [0.1, 0.15) is 5.75 Å². The number of amidine groups is 2. The zero-order valence-electron chi connectivity index (χ0n) is 16.6. The zero-order chi connectivity index (χ0) is 22.5. The summed E-state index contributed by atoms with van der Waals surface area (Å²) in [5.74, 6) is -0.553. The average Bonchev–Trinajstić information content (AvgIpc) is 3.26. The van der Waals surface area contributed by atoms with E-state index in [-0.39, 0.29) is 22.5 Å². The van der Waals surface area contributed by atoms with Crippen molar-refractivity contribution in [1.82, 2.24) is 9.58 Å². The van der Waals surface area contributed by atoms with Gasteiger partial charge in [0.15, 0.2) is 5.84 Å². The van der Waals surface area contributed by atoms with Crippen molar-refractivity contribution in [3.63, 3.8) is 0 Å². The number of amides is 1. The lowest BCUT2D eigenvalue weighted by Gasteiger charge is -2.20. The van der Waals surface area contributed by atoms with Crippen molar-refractivity contribution in [1.29, 1.82) is 5.41 Å². The van der Waals surface area contributed by atoms with Crippen LogP contribution < -0.4 is 4.74 Å². The maximum Gasteiger partial charge on any atom is 0.441 e. The molecule has 0 bridgehead atoms. The molecule has 0 radical (unpaired) electrons. The van der Waals surface area contributed by atoms with E-state index in [1.807, 2.05) is 48.7 Å². The van der Waals surface area contributed by atoms with Gasteiger partial charge in [-0.1, -0.05) is 6.07 Å². The molecule has 0 atom stereocenters. The molecule has 7 nitrogen and oxygen atoms in total. The van der Waals surface area contributed by atoms with Crippen molar-refractivity contribution < 1.29 is 22.7 Å². The molecule has 1 aromatic carbocycles. The topological polar surface area (TPSA) is 83.0 Å². The molecule has 0 unspecified atom stereocenters. The molecule has 2 aliphatic rings. The summed E-state index contributed by atoms with van der Waals surface area (Å²) in [7, 11) is 1.57. The molecular formula is C20H16F3N5O2S. The van der Waals surface area contributed by atoms with Crippen LogP contribution in [0.25, 0.3) is 11.8 Å². The molecule has 4 rings (SSSR count). The van der Waals surface area contributed by atoms with E-state index < -0.39 is 23.0 Å². The van der Waals surface area contributed by atoms with E-state index in [2.05, 4.69) is 10.1 Å². The fourth-order valence-corrected chi connectivity index (χ4v) is 4.10. The van der Waals surface area contributed by atoms with Crippen LogP contribution >= 0.6 is 11.8 Å². The molecule has 3 heterocycles. The number of aromatic nitrogens is 1. The predicted molar refractivity (Wildman–Crippen MR) is 113 cm³/mol. The van der Waals surface area contributed by atoms with E-state index in [1.54, 1.807) is 7.11 Å². The van der Waals surface area contributed by atoms with Crippen LogP contribution in [0.15, 0.2) is 46.0 Å². The van der Waals surface area contributed by atoms with Crippen LogP contribution in [-0.4, -0.2) is 44.8 Å². The first-order valence-corrected chi connectivity index (χ1v) is 9.82. The largest absolute Gasteiger partial charge is 0.497 e. The third-order valence-electron chi connectivity index (χ3n) is 4.78. The summed E-state index contributed by atoms with van der Waals surface area (Å²) >= 11 is 0.224. The molecule has 0 saturated carbocycles. The molecule has 11 heteroatoms. The van der Waals surface area contributed by atoms with Gasteiger partial charge in [0.25, 0.3) is 5.91 Å². The molecule has 0 spiro atoms. The maximum atomic E-state index is 13.0. The number of aliphatic imine (C=N–C) groups is 1. The Hall–Kier alpha value is -3.34. The summed E-state index contributed by atoms with van der Waals surface area (Å²) < 4.78 is 46.1. The minimum absolute atomic E-state index is 0.137. The van der Waals surface area contributed by atoms with E-state index in [0.717, 1.165) is 22.1 Å². The van der Waals surface area contributed by atoms with Gasteiger partial charge in [-0.15, -0.1) is 0 Å². The fourth-order valence-electron chi connectivity index (χ4n) is 3.34. The molecule has 0 fully saturated rings. The first kappa shape index (κ1) is 20.9. The van der Waals surface area contributed by atoms with Gasteiger partial charge in [0.05, 0.1) is 12.7 Å². The number of aryl methyl sites for hydroxylation is 1. The Bertz CT molecular complexity index is 1210. The number of nitrogens with one attached hydrogen (secondary N) is 1. The molecule has 31 heavy (non-hydrogen) atoms. The molecule has 0 saturated heterocycles. The van der Waals surface area contributed by atoms with Crippen molar-refractivity contribution >= 4 is 39.8 Å². The summed E-state index contributed by atoms with van der Waals surface area (Å²) in [6, 6.07) is 9.25. The Kier molecular flexibility index (Phi) is 5.00. The van der Waals surface area contributed by atoms with E-state index in [0.29, 0.717) is 11.3 Å². The maximum absolute atomic E-state index is 13.0. The molecule has 1 amide bonds. The predicted octanol–water partition coefficient (Wildman–Crippen LogP) is 4.28. The van der Waals surface area contributed by atoms with E-state index in [9.17, 15) is 18.0 Å². The van der Waals surface area contributed by atoms with Gasteiger partial charge in [-0.25, -0.2) is 0 Å². The second-order valence-corrected chi connectivity index (χ2v) is 7.74. The number of methoxy groups -OCH3 is 1. The minimum Gasteiger partial charge on any atom is -0.497 e. The highest BCUT2D eigenvalue weighted by atomic mass is 32.2. The van der Waals surface area contributed by atoms with Gasteiger partial charge < -0.3 is 9.30 Å². The Morgan fingerprint density at radius 2 is 1.97 bits per heavy atom. The highest BCUT2D eigenvalue weighted by Crippen LogP contribution is 2.35. The summed E-state index contributed by atoms with van der Waals surface area (Å²) in [6.45, 7) is 3.73. The molecule has 2 aromatic rings. The van der Waals surface area contributed by atoms with E-state index in [4.69, 9.17) is 10.1 Å². The van der Waals surface area contributed by atoms with Gasteiger partial charge in [0, 0.05) is 23.1 Å². The Labute approximate surface area is 179 Å². The van der Waals surface area contributed by atoms with Gasteiger partial charge in [-0.2, -0.15) is 28.3 Å². The normalized spacial score (nSPS) is 17.7. The number of halogens is 3. The van der Waals surface area contributed by atoms with Gasteiger partial charge in [-0.05, 0) is 55.4 Å². The van der Waals surface area contributed by atoms with E-state index >= 15 is 0 Å². The quantitative estimate of drug-likeness (QED) is 0.712. The van der Waals surface area contributed by atoms with Crippen LogP contribution in [0, 0.1) is 19.3 Å². The highest BCUT2D eigenvalue weighted by Gasteiger charge is 2.46. The number of hydrogen-bond donors (Lipinski definition) is 1. The van der Waals surface area contributed by atoms with Crippen molar-refractivity contribution in [2.75, 3.05) is 7.11 Å². The van der Waals surface area contributed by atoms with Gasteiger partial charge in [-0.3, -0.25) is 10.2 Å². The van der Waals surface area contributed by atoms with Crippen LogP contribution in [0.3, 0.4) is 0 Å². The Balaban J connectivity index is 1.74. The zero-order valence-corrected chi connectivity index (χ0v) is 17.4. The SMILES string of the molecule is COc1cccc(-n2c(C)cc(C=C3C(=N)N4N=C(C(F)(F)F)SC4=NC3=O)c2C)c1. The molecule has 1 N–H and O–H groups in total. The number of benzene rings is 1. The van der Waals surface area contributed by atoms with Crippen LogP contribution in [0.1, 0.15) is 17.0 Å². The number of ether oxygens (including phenoxy) is 1. The summed E-state index contributed by atoms with van der Waals surface area (Å²) in [5, 5.41) is 11.0. The number of hydrogen-bond acceptors (Lipinski definition) is 5. The van der Waals surface area contributed by atoms with Gasteiger partial charge in [0.2, 0.25) is 10.2 Å². The van der Waals surface area contributed by atoms with Crippen molar-refractivity contribution in [2.45, 2.75) is 20.0 Å². The number of hydrazone groups is 1. The monoisotopic (exact) mass is 447 g/mol. The first-order chi connectivity index (χ1) is 14.6. The second kappa shape index (κ2) is 7.41. The van der Waals surface area contributed by atoms with Crippen molar-refractivity contribution in [3.8, 4) is 11.4 Å². The smallest absolute Gasteiger partial charge is 0.441 e. The average molecular weight is 447 g/mol. The lowest BCUT2D eigenvalue weighted by atomic mass is 10.1. The summed E-state index contributed by atoms with van der Waals surface area (Å²) in [5.41, 5.74) is 3.00. The minimum atomic E-state index is -4.68. The molecular weight excluding hydrogens is 431 g/mol. The molecule has 0 aliphatic carbocycles. The lowest BCUT2D eigenvalue weighted by molar-refractivity contribution is -0.114. The van der Waals surface area contributed by atoms with Crippen molar-refractivity contribution in [2.24, 2.45) is 10.1 Å². The number of alkyl halides is 3. The highest BCUT2D eigenvalue weighted by molar-refractivity contribution is 8.27. The summed E-state index contributed by atoms with van der Waals surface area (Å²) in [4.78, 5) is 16.2. The van der Waals surface area contributed by atoms with Crippen molar-refractivity contribution in [3.05, 3.63) is 52.9 Å².